The quantitative estimate of drug-likeness (QED) is 0.175. The fourth-order valence-electron chi connectivity index (χ4n) is 7.62. The van der Waals surface area contributed by atoms with Crippen LogP contribution >= 0.6 is 17.2 Å². The van der Waals surface area contributed by atoms with E-state index in [-0.39, 0.29) is 35.2 Å². The Balaban J connectivity index is 1.59. The van der Waals surface area contributed by atoms with Crippen LogP contribution in [0.15, 0.2) is 48.5 Å². The molecule has 0 aliphatic carbocycles. The molecule has 0 saturated heterocycles. The topological polar surface area (TPSA) is 43.4 Å². The minimum absolute atomic E-state index is 0.0442. The van der Waals surface area contributed by atoms with Gasteiger partial charge in [-0.1, -0.05) is 100 Å². The van der Waals surface area contributed by atoms with Crippen LogP contribution in [-0.2, 0) is 21.7 Å². The van der Waals surface area contributed by atoms with Crippen molar-refractivity contribution < 1.29 is 18.9 Å². The average Bonchev–Trinajstić information content (AvgIpc) is 3.72. The Morgan fingerprint density at radius 3 is 1.00 bits per heavy atom. The first-order valence-electron chi connectivity index (χ1n) is 19.1. The Morgan fingerprint density at radius 2 is 0.741 bits per heavy atom. The molecule has 54 heavy (non-hydrogen) atoms. The van der Waals surface area contributed by atoms with Crippen LogP contribution in [0.3, 0.4) is 0 Å². The van der Waals surface area contributed by atoms with Gasteiger partial charge in [0, 0.05) is 50.7 Å². The van der Waals surface area contributed by atoms with Crippen molar-refractivity contribution in [1.29, 1.82) is 0 Å². The van der Waals surface area contributed by atoms with Crippen LogP contribution < -0.4 is 50.0 Å². The standard InChI is InChI=1S/C46H62N2O4P2/c1-43(2,3)29-21-27(22-30(44(4,5)6)39(29)47(13)14)53-35-19-17-33-41(51-25-49-33)37(35)38-36(20-18-34-42(38)52-26-50-34)54-28-23-31(45(7,8)9)40(48(15)16)32(24-28)46(10,11)12/h17-24,53-54H,25-26H2,1-16H3. The number of rotatable bonds is 7. The van der Waals surface area contributed by atoms with E-state index in [0.29, 0.717) is 17.2 Å². The fraction of sp³-hybridized carbons (Fsp3) is 0.478. The third-order valence-corrected chi connectivity index (χ3v) is 12.8. The lowest BCUT2D eigenvalue weighted by atomic mass is 9.78. The van der Waals surface area contributed by atoms with E-state index < -0.39 is 0 Å². The van der Waals surface area contributed by atoms with E-state index in [2.05, 4.69) is 170 Å². The highest BCUT2D eigenvalue weighted by Gasteiger charge is 2.33. The second-order valence-corrected chi connectivity index (χ2v) is 22.1. The van der Waals surface area contributed by atoms with Gasteiger partial charge < -0.3 is 28.7 Å². The summed E-state index contributed by atoms with van der Waals surface area (Å²) in [4.78, 5) is 4.58. The zero-order valence-electron chi connectivity index (χ0n) is 35.6. The molecule has 0 fully saturated rings. The maximum Gasteiger partial charge on any atom is 0.231 e. The van der Waals surface area contributed by atoms with Crippen LogP contribution in [0.5, 0.6) is 23.0 Å². The molecular formula is C46H62N2O4P2. The lowest BCUT2D eigenvalue weighted by Gasteiger charge is -2.34. The van der Waals surface area contributed by atoms with E-state index in [0.717, 1.165) is 34.1 Å². The van der Waals surface area contributed by atoms with Crippen LogP contribution in [0.25, 0.3) is 11.1 Å². The molecule has 2 aliphatic rings. The van der Waals surface area contributed by atoms with Gasteiger partial charge in [-0.2, -0.15) is 0 Å². The largest absolute Gasteiger partial charge is 0.454 e. The van der Waals surface area contributed by atoms with Crippen LogP contribution in [0.4, 0.5) is 11.4 Å². The third kappa shape index (κ3) is 7.81. The molecule has 290 valence electrons. The summed E-state index contributed by atoms with van der Waals surface area (Å²) in [6.45, 7) is 28.2. The summed E-state index contributed by atoms with van der Waals surface area (Å²) in [5.41, 5.74) is 9.95. The molecular weight excluding hydrogens is 706 g/mol. The van der Waals surface area contributed by atoms with Gasteiger partial charge in [0.1, 0.15) is 0 Å². The number of anilines is 2. The second-order valence-electron chi connectivity index (χ2n) is 19.3. The maximum absolute atomic E-state index is 6.38. The molecule has 2 aliphatic heterocycles. The molecule has 8 heteroatoms. The van der Waals surface area contributed by atoms with Gasteiger partial charge in [0.15, 0.2) is 23.0 Å². The van der Waals surface area contributed by atoms with E-state index in [1.807, 2.05) is 0 Å². The predicted octanol–water partition coefficient (Wildman–Crippen LogP) is 9.39. The molecule has 4 aromatic carbocycles. The van der Waals surface area contributed by atoms with E-state index in [1.165, 1.54) is 54.8 Å². The molecule has 0 aromatic heterocycles. The molecule has 0 saturated carbocycles. The molecule has 0 spiro atoms. The Bertz CT molecular complexity index is 1860. The minimum Gasteiger partial charge on any atom is -0.454 e. The maximum atomic E-state index is 6.38. The highest BCUT2D eigenvalue weighted by molar-refractivity contribution is 7.56. The number of fused-ring (bicyclic) bond motifs is 2. The summed E-state index contributed by atoms with van der Waals surface area (Å²) in [5, 5.41) is 4.99. The molecule has 2 unspecified atom stereocenters. The lowest BCUT2D eigenvalue weighted by Crippen LogP contribution is -2.27. The van der Waals surface area contributed by atoms with Gasteiger partial charge in [0.25, 0.3) is 0 Å². The summed E-state index contributed by atoms with van der Waals surface area (Å²) in [5.74, 6) is 3.08. The fourth-order valence-corrected chi connectivity index (χ4v) is 10.2. The van der Waals surface area contributed by atoms with Crippen molar-refractivity contribution >= 4 is 49.8 Å². The lowest BCUT2D eigenvalue weighted by molar-refractivity contribution is 0.173. The van der Waals surface area contributed by atoms with E-state index in [4.69, 9.17) is 18.9 Å². The van der Waals surface area contributed by atoms with Gasteiger partial charge in [-0.05, 0) is 114 Å². The first kappa shape index (κ1) is 40.2. The van der Waals surface area contributed by atoms with Crippen molar-refractivity contribution in [3.63, 3.8) is 0 Å². The van der Waals surface area contributed by atoms with Crippen molar-refractivity contribution in [1.82, 2.24) is 0 Å². The predicted molar refractivity (Wildman–Crippen MR) is 236 cm³/mol. The first-order valence-corrected chi connectivity index (χ1v) is 21.1. The van der Waals surface area contributed by atoms with Crippen LogP contribution in [0.1, 0.15) is 105 Å². The van der Waals surface area contributed by atoms with Crippen LogP contribution in [0.2, 0.25) is 0 Å². The molecule has 6 nitrogen and oxygen atoms in total. The summed E-state index contributed by atoms with van der Waals surface area (Å²) in [7, 11) is 9.41. The number of nitrogens with zero attached hydrogens (tertiary/aromatic N) is 2. The van der Waals surface area contributed by atoms with Gasteiger partial charge in [0.05, 0.1) is 0 Å². The number of hydrogen-bond donors (Lipinski definition) is 0. The molecule has 0 N–H and O–H groups in total. The van der Waals surface area contributed by atoms with Gasteiger partial charge in [-0.25, -0.2) is 0 Å². The summed E-state index contributed by atoms with van der Waals surface area (Å²) < 4.78 is 24.9. The second kappa shape index (κ2) is 14.2. The molecule has 0 amide bonds. The minimum atomic E-state index is -0.0442. The molecule has 0 radical (unpaired) electrons. The van der Waals surface area contributed by atoms with Crippen molar-refractivity contribution in [2.24, 2.45) is 0 Å². The smallest absolute Gasteiger partial charge is 0.231 e. The monoisotopic (exact) mass is 768 g/mol. The van der Waals surface area contributed by atoms with E-state index >= 15 is 0 Å². The molecule has 0 bridgehead atoms. The molecule has 4 aromatic rings. The number of ether oxygens (including phenoxy) is 4. The van der Waals surface area contributed by atoms with Crippen molar-refractivity contribution in [3.8, 4) is 34.1 Å². The van der Waals surface area contributed by atoms with Gasteiger partial charge >= 0.3 is 0 Å². The third-order valence-electron chi connectivity index (χ3n) is 10.2. The zero-order chi connectivity index (χ0) is 39.7. The summed E-state index contributed by atoms with van der Waals surface area (Å²) in [6.07, 6.45) is 0. The van der Waals surface area contributed by atoms with Crippen LogP contribution in [-0.4, -0.2) is 41.8 Å². The molecule has 6 rings (SSSR count). The normalized spacial score (nSPS) is 14.6. The van der Waals surface area contributed by atoms with E-state index in [1.54, 1.807) is 0 Å². The van der Waals surface area contributed by atoms with Gasteiger partial charge in [0.2, 0.25) is 13.6 Å². The van der Waals surface area contributed by atoms with Crippen LogP contribution in [0, 0.1) is 0 Å². The Hall–Kier alpha value is -3.46. The van der Waals surface area contributed by atoms with Gasteiger partial charge in [-0.3, -0.25) is 0 Å². The first-order chi connectivity index (χ1) is 25.0. The summed E-state index contributed by atoms with van der Waals surface area (Å²) >= 11 is 0. The SMILES string of the molecule is CN(C)c1c(C(C)(C)C)cc(Pc2ccc3c(c2-c2c(Pc4cc(C(C)(C)C)c(N(C)C)c(C(C)(C)C)c4)ccc4c2OCO4)OCO3)cc1C(C)(C)C. The van der Waals surface area contributed by atoms with Crippen molar-refractivity contribution in [2.45, 2.75) is 105 Å². The Labute approximate surface area is 328 Å². The zero-order valence-corrected chi connectivity index (χ0v) is 37.6. The summed E-state index contributed by atoms with van der Waals surface area (Å²) in [6, 6.07) is 18.4. The highest BCUT2D eigenvalue weighted by Crippen LogP contribution is 2.50. The Kier molecular flexibility index (Phi) is 10.6. The number of hydrogen-bond acceptors (Lipinski definition) is 6. The Morgan fingerprint density at radius 1 is 0.444 bits per heavy atom. The average molecular weight is 769 g/mol. The molecule has 2 atom stereocenters. The van der Waals surface area contributed by atoms with E-state index in [9.17, 15) is 0 Å². The van der Waals surface area contributed by atoms with Crippen molar-refractivity contribution in [2.75, 3.05) is 51.6 Å². The number of benzene rings is 4. The molecule has 2 heterocycles. The van der Waals surface area contributed by atoms with Crippen molar-refractivity contribution in [3.05, 3.63) is 70.8 Å². The highest BCUT2D eigenvalue weighted by atomic mass is 31.1. The van der Waals surface area contributed by atoms with Gasteiger partial charge in [-0.15, -0.1) is 0 Å².